The number of hydrogen-bond donors (Lipinski definition) is 0. The molecule has 1 unspecified atom stereocenters. The molecular weight excluding hydrogens is 404 g/mol. The number of thioether (sulfide) groups is 1. The predicted octanol–water partition coefficient (Wildman–Crippen LogP) is 5.87. The molecule has 0 aliphatic carbocycles. The molecule has 1 atom stereocenters. The lowest BCUT2D eigenvalue weighted by atomic mass is 9.90. The second-order valence-electron chi connectivity index (χ2n) is 7.45. The predicted molar refractivity (Wildman–Crippen MR) is 128 cm³/mol. The Hall–Kier alpha value is -3.05. The summed E-state index contributed by atoms with van der Waals surface area (Å²) in [5.74, 6) is 0.442. The average Bonchev–Trinajstić information content (AvgIpc) is 3.23. The Kier molecular flexibility index (Phi) is 6.73. The lowest BCUT2D eigenvalue weighted by Gasteiger charge is -2.24. The molecule has 1 aliphatic rings. The van der Waals surface area contributed by atoms with Crippen LogP contribution in [0.3, 0.4) is 0 Å². The van der Waals surface area contributed by atoms with Gasteiger partial charge in [0, 0.05) is 17.9 Å². The van der Waals surface area contributed by atoms with Gasteiger partial charge in [0.15, 0.2) is 5.17 Å². The smallest absolute Gasteiger partial charge is 0.240 e. The number of ether oxygens (including phenoxy) is 1. The molecule has 1 amide bonds. The van der Waals surface area contributed by atoms with Crippen molar-refractivity contribution in [3.8, 4) is 5.75 Å². The number of amidine groups is 1. The van der Waals surface area contributed by atoms with Gasteiger partial charge in [-0.25, -0.2) is 4.99 Å². The largest absolute Gasteiger partial charge is 0.497 e. The molecule has 5 heteroatoms. The summed E-state index contributed by atoms with van der Waals surface area (Å²) in [5, 5.41) is 1.09. The maximum Gasteiger partial charge on any atom is 0.240 e. The van der Waals surface area contributed by atoms with E-state index in [4.69, 9.17) is 9.73 Å². The number of aliphatic imine (C=N–C) groups is 1. The summed E-state index contributed by atoms with van der Waals surface area (Å²) in [4.78, 5) is 20.6. The van der Waals surface area contributed by atoms with E-state index in [1.54, 1.807) is 18.9 Å². The highest BCUT2D eigenvalue weighted by molar-refractivity contribution is 8.14. The zero-order chi connectivity index (χ0) is 21.6. The summed E-state index contributed by atoms with van der Waals surface area (Å²) in [6.07, 6.45) is 0.979. The first-order valence-electron chi connectivity index (χ1n) is 10.5. The van der Waals surface area contributed by atoms with Gasteiger partial charge in [0.05, 0.1) is 18.7 Å². The molecule has 3 aromatic carbocycles. The van der Waals surface area contributed by atoms with E-state index < -0.39 is 0 Å². The van der Waals surface area contributed by atoms with Crippen LogP contribution in [-0.2, 0) is 4.79 Å². The van der Waals surface area contributed by atoms with Crippen molar-refractivity contribution in [2.24, 2.45) is 4.99 Å². The zero-order valence-electron chi connectivity index (χ0n) is 17.8. The van der Waals surface area contributed by atoms with Gasteiger partial charge in [0.25, 0.3) is 0 Å². The topological polar surface area (TPSA) is 41.9 Å². The molecule has 0 saturated carbocycles. The minimum atomic E-state index is -0.367. The minimum absolute atomic E-state index is 0.0579. The molecule has 1 aliphatic heterocycles. The summed E-state index contributed by atoms with van der Waals surface area (Å²) in [6.45, 7) is 2.82. The molecule has 0 radical (unpaired) electrons. The van der Waals surface area contributed by atoms with Crippen molar-refractivity contribution in [3.05, 3.63) is 96.1 Å². The Morgan fingerprint density at radius 1 is 1.03 bits per heavy atom. The second-order valence-corrected chi connectivity index (χ2v) is 8.71. The van der Waals surface area contributed by atoms with Crippen LogP contribution in [0.25, 0.3) is 0 Å². The lowest BCUT2D eigenvalue weighted by molar-refractivity contribution is -0.127. The first-order valence-corrected chi connectivity index (χ1v) is 11.4. The van der Waals surface area contributed by atoms with Crippen molar-refractivity contribution < 1.29 is 9.53 Å². The van der Waals surface area contributed by atoms with Crippen LogP contribution in [0.1, 0.15) is 30.4 Å². The minimum Gasteiger partial charge on any atom is -0.497 e. The van der Waals surface area contributed by atoms with E-state index in [9.17, 15) is 4.79 Å². The molecule has 0 spiro atoms. The Morgan fingerprint density at radius 3 is 2.26 bits per heavy atom. The second kappa shape index (κ2) is 9.84. The molecule has 158 valence electrons. The molecule has 1 saturated heterocycles. The molecule has 4 rings (SSSR count). The maximum atomic E-state index is 13.9. The summed E-state index contributed by atoms with van der Waals surface area (Å²) in [5.41, 5.74) is 2.76. The van der Waals surface area contributed by atoms with Crippen LogP contribution in [0.4, 0.5) is 5.69 Å². The van der Waals surface area contributed by atoms with E-state index in [0.717, 1.165) is 34.2 Å². The summed E-state index contributed by atoms with van der Waals surface area (Å²) < 4.78 is 5.33. The maximum absolute atomic E-state index is 13.9. The Morgan fingerprint density at radius 2 is 1.68 bits per heavy atom. The van der Waals surface area contributed by atoms with Crippen molar-refractivity contribution in [1.82, 2.24) is 4.90 Å². The number of carbonyl (C=O) groups is 1. The summed E-state index contributed by atoms with van der Waals surface area (Å²) >= 11 is 1.68. The third-order valence-corrected chi connectivity index (χ3v) is 6.74. The van der Waals surface area contributed by atoms with Crippen molar-refractivity contribution in [1.29, 1.82) is 0 Å². The SMILES string of the molecule is CCC1CN(C(=O)C(c2ccccc2)c2ccccc2)C(=Nc2cccc(OC)c2)S1. The quantitative estimate of drug-likeness (QED) is 0.491. The van der Waals surface area contributed by atoms with Crippen LogP contribution >= 0.6 is 11.8 Å². The van der Waals surface area contributed by atoms with Crippen molar-refractivity contribution in [3.63, 3.8) is 0 Å². The van der Waals surface area contributed by atoms with Gasteiger partial charge in [-0.1, -0.05) is 85.4 Å². The number of carbonyl (C=O) groups excluding carboxylic acids is 1. The number of nitrogens with zero attached hydrogens (tertiary/aromatic N) is 2. The highest BCUT2D eigenvalue weighted by Gasteiger charge is 2.37. The van der Waals surface area contributed by atoms with E-state index in [2.05, 4.69) is 6.92 Å². The van der Waals surface area contributed by atoms with Gasteiger partial charge < -0.3 is 4.74 Å². The first-order chi connectivity index (χ1) is 15.2. The van der Waals surface area contributed by atoms with E-state index in [0.29, 0.717) is 11.8 Å². The van der Waals surface area contributed by atoms with Gasteiger partial charge in [-0.2, -0.15) is 0 Å². The Bertz CT molecular complexity index is 1010. The van der Waals surface area contributed by atoms with Crippen LogP contribution < -0.4 is 4.74 Å². The molecule has 4 nitrogen and oxygen atoms in total. The summed E-state index contributed by atoms with van der Waals surface area (Å²) in [6, 6.07) is 27.6. The summed E-state index contributed by atoms with van der Waals surface area (Å²) in [7, 11) is 1.64. The van der Waals surface area contributed by atoms with E-state index >= 15 is 0 Å². The van der Waals surface area contributed by atoms with E-state index in [1.165, 1.54) is 0 Å². The van der Waals surface area contributed by atoms with Gasteiger partial charge >= 0.3 is 0 Å². The number of amides is 1. The van der Waals surface area contributed by atoms with Crippen molar-refractivity contribution in [2.75, 3.05) is 13.7 Å². The van der Waals surface area contributed by atoms with Crippen LogP contribution in [-0.4, -0.2) is 34.9 Å². The third kappa shape index (κ3) is 4.83. The molecule has 1 heterocycles. The number of methoxy groups -OCH3 is 1. The van der Waals surface area contributed by atoms with E-state index in [1.807, 2.05) is 89.8 Å². The van der Waals surface area contributed by atoms with Gasteiger partial charge in [0.2, 0.25) is 5.91 Å². The highest BCUT2D eigenvalue weighted by atomic mass is 32.2. The van der Waals surface area contributed by atoms with Crippen LogP contribution in [0.2, 0.25) is 0 Å². The number of hydrogen-bond acceptors (Lipinski definition) is 4. The normalized spacial score (nSPS) is 17.3. The molecule has 0 aromatic heterocycles. The Labute approximate surface area is 188 Å². The molecular formula is C26H26N2O2S. The highest BCUT2D eigenvalue weighted by Crippen LogP contribution is 2.35. The molecule has 0 bridgehead atoms. The van der Waals surface area contributed by atoms with E-state index in [-0.39, 0.29) is 11.8 Å². The van der Waals surface area contributed by atoms with Crippen LogP contribution in [0, 0.1) is 0 Å². The van der Waals surface area contributed by atoms with Crippen LogP contribution in [0.15, 0.2) is 89.9 Å². The fraction of sp³-hybridized carbons (Fsp3) is 0.231. The fourth-order valence-electron chi connectivity index (χ4n) is 3.73. The van der Waals surface area contributed by atoms with Gasteiger partial charge in [0.1, 0.15) is 5.75 Å². The van der Waals surface area contributed by atoms with Gasteiger partial charge in [-0.3, -0.25) is 9.69 Å². The Balaban J connectivity index is 1.73. The molecule has 3 aromatic rings. The van der Waals surface area contributed by atoms with Crippen molar-refractivity contribution >= 4 is 28.5 Å². The lowest BCUT2D eigenvalue weighted by Crippen LogP contribution is -2.37. The zero-order valence-corrected chi connectivity index (χ0v) is 18.6. The molecule has 1 fully saturated rings. The first kappa shape index (κ1) is 21.2. The molecule has 0 N–H and O–H groups in total. The van der Waals surface area contributed by atoms with Gasteiger partial charge in [-0.05, 0) is 29.7 Å². The number of benzene rings is 3. The number of rotatable bonds is 6. The molecule has 31 heavy (non-hydrogen) atoms. The van der Waals surface area contributed by atoms with Crippen LogP contribution in [0.5, 0.6) is 5.75 Å². The average molecular weight is 431 g/mol. The standard InChI is InChI=1S/C26H26N2O2S/c1-3-23-18-28(26(31-23)27-21-15-10-16-22(17-21)30-2)25(29)24(19-11-6-4-7-12-19)20-13-8-5-9-14-20/h4-17,23-24H,3,18H2,1-2H3. The monoisotopic (exact) mass is 430 g/mol. The fourth-order valence-corrected chi connectivity index (χ4v) is 4.87. The van der Waals surface area contributed by atoms with Gasteiger partial charge in [-0.15, -0.1) is 0 Å². The third-order valence-electron chi connectivity index (χ3n) is 5.40. The van der Waals surface area contributed by atoms with Crippen molar-refractivity contribution in [2.45, 2.75) is 24.5 Å².